The first-order valence-electron chi connectivity index (χ1n) is 8.10. The number of hydrogen-bond acceptors (Lipinski definition) is 0. The van der Waals surface area contributed by atoms with E-state index in [0.29, 0.717) is 0 Å². The van der Waals surface area contributed by atoms with E-state index in [0.717, 1.165) is 0 Å². The van der Waals surface area contributed by atoms with Crippen LogP contribution in [0.5, 0.6) is 0 Å². The third-order valence-corrected chi connectivity index (χ3v) is 5.62. The molecule has 132 valence electrons. The fraction of sp³-hybridized carbons (Fsp3) is 0.455. The van der Waals surface area contributed by atoms with Crippen molar-refractivity contribution in [3.8, 4) is 0 Å². The molecular weight excluding hydrogens is 348 g/mol. The van der Waals surface area contributed by atoms with E-state index >= 15 is 0 Å². The molecule has 10 radical (unpaired) electrons. The second kappa shape index (κ2) is 13.0. The quantitative estimate of drug-likeness (QED) is 0.307. The van der Waals surface area contributed by atoms with Crippen LogP contribution >= 0.6 is 9.30 Å². The van der Waals surface area contributed by atoms with E-state index in [9.17, 15) is 0 Å². The van der Waals surface area contributed by atoms with E-state index in [1.165, 1.54) is 78.6 Å². The molecule has 0 heterocycles. The zero-order valence-electron chi connectivity index (χ0n) is 17.2. The van der Waals surface area contributed by atoms with Gasteiger partial charge in [-0.05, 0) is 59.2 Å². The van der Waals surface area contributed by atoms with E-state index in [1.807, 2.05) is 0 Å². The molecule has 0 bridgehead atoms. The van der Waals surface area contributed by atoms with Crippen molar-refractivity contribution >= 4 is 9.30 Å². The maximum atomic E-state index is 4.64. The SMILES string of the molecule is C[C]1[C](C)[C](C)[C](C)[C]1C.C[C]1[C](C)[C](C)[C](C)[C]1C.[CH-]=C.[Cl][Ti+]. The molecule has 0 nitrogen and oxygen atoms in total. The molecule has 0 amide bonds. The monoisotopic (exact) mass is 380 g/mol. The Morgan fingerprint density at radius 2 is 0.458 bits per heavy atom. The van der Waals surface area contributed by atoms with Crippen molar-refractivity contribution in [2.24, 2.45) is 0 Å². The third-order valence-electron chi connectivity index (χ3n) is 5.62. The first-order chi connectivity index (χ1) is 11.1. The Morgan fingerprint density at radius 3 is 0.500 bits per heavy atom. The molecular formula is C22H33ClTi. The maximum absolute atomic E-state index is 4.64. The second-order valence-corrected chi connectivity index (χ2v) is 6.25. The molecule has 0 unspecified atom stereocenters. The van der Waals surface area contributed by atoms with Gasteiger partial charge in [0.05, 0.1) is 0 Å². The molecule has 2 fully saturated rings. The molecule has 0 aromatic rings. The molecule has 2 saturated carbocycles. The molecule has 0 spiro atoms. The van der Waals surface area contributed by atoms with Crippen LogP contribution < -0.4 is 0 Å². The second-order valence-electron chi connectivity index (χ2n) is 6.25. The molecule has 0 aliphatic heterocycles. The first kappa shape index (κ1) is 27.0. The van der Waals surface area contributed by atoms with Crippen molar-refractivity contribution in [3.05, 3.63) is 72.3 Å². The summed E-state index contributed by atoms with van der Waals surface area (Å²) in [5, 5.41) is 0. The molecule has 0 atom stereocenters. The topological polar surface area (TPSA) is 0 Å². The first-order valence-corrected chi connectivity index (χ1v) is 10.2. The van der Waals surface area contributed by atoms with Gasteiger partial charge >= 0.3 is 28.7 Å². The molecule has 0 aromatic carbocycles. The van der Waals surface area contributed by atoms with Gasteiger partial charge in [0.25, 0.3) is 0 Å². The molecule has 2 aliphatic rings. The Morgan fingerprint density at radius 1 is 0.417 bits per heavy atom. The van der Waals surface area contributed by atoms with Crippen molar-refractivity contribution in [1.82, 2.24) is 0 Å². The van der Waals surface area contributed by atoms with Crippen LogP contribution in [0.4, 0.5) is 0 Å². The van der Waals surface area contributed by atoms with Crippen LogP contribution in [0.3, 0.4) is 0 Å². The van der Waals surface area contributed by atoms with E-state index in [2.05, 4.69) is 91.7 Å². The fourth-order valence-electron chi connectivity index (χ4n) is 2.81. The van der Waals surface area contributed by atoms with E-state index in [1.54, 1.807) is 0 Å². The van der Waals surface area contributed by atoms with Crippen molar-refractivity contribution < 1.29 is 19.4 Å². The molecule has 0 saturated heterocycles. The van der Waals surface area contributed by atoms with Crippen molar-refractivity contribution in [2.75, 3.05) is 0 Å². The molecule has 2 heteroatoms. The summed E-state index contributed by atoms with van der Waals surface area (Å²) < 4.78 is 0. The van der Waals surface area contributed by atoms with Crippen LogP contribution in [0.25, 0.3) is 0 Å². The van der Waals surface area contributed by atoms with Gasteiger partial charge in [-0.1, -0.05) is 69.2 Å². The van der Waals surface area contributed by atoms with Crippen LogP contribution in [-0.4, -0.2) is 0 Å². The minimum absolute atomic E-state index is 1.47. The average Bonchev–Trinajstić information content (AvgIpc) is 2.89. The normalized spacial score (nSPS) is 24.1. The summed E-state index contributed by atoms with van der Waals surface area (Å²) in [5.41, 5.74) is 0. The van der Waals surface area contributed by atoms with Gasteiger partial charge in [-0.25, -0.2) is 0 Å². The van der Waals surface area contributed by atoms with Crippen molar-refractivity contribution in [1.29, 1.82) is 0 Å². The Bertz CT molecular complexity index is 199. The summed E-state index contributed by atoms with van der Waals surface area (Å²) in [5.74, 6) is 14.7. The van der Waals surface area contributed by atoms with Crippen molar-refractivity contribution in [2.45, 2.75) is 69.2 Å². The third kappa shape index (κ3) is 6.48. The average molecular weight is 381 g/mol. The van der Waals surface area contributed by atoms with Gasteiger partial charge in [0, 0.05) is 0 Å². The number of halogens is 1. The summed E-state index contributed by atoms with van der Waals surface area (Å²) in [4.78, 5) is 0. The van der Waals surface area contributed by atoms with Gasteiger partial charge in [0.1, 0.15) is 0 Å². The van der Waals surface area contributed by atoms with Gasteiger partial charge in [0.2, 0.25) is 0 Å². The minimum atomic E-state index is 1.47. The van der Waals surface area contributed by atoms with Crippen LogP contribution in [0.1, 0.15) is 69.2 Å². The number of hydrogen-bond donors (Lipinski definition) is 0. The zero-order valence-corrected chi connectivity index (χ0v) is 19.5. The summed E-state index contributed by atoms with van der Waals surface area (Å²) >= 11 is 1.47. The van der Waals surface area contributed by atoms with Crippen molar-refractivity contribution in [3.63, 3.8) is 0 Å². The predicted octanol–water partition coefficient (Wildman–Crippen LogP) is 7.24. The Labute approximate surface area is 169 Å². The Hall–Kier alpha value is 0.744. The van der Waals surface area contributed by atoms with Gasteiger partial charge in [-0.15, -0.1) is 0 Å². The van der Waals surface area contributed by atoms with Gasteiger partial charge < -0.3 is 6.58 Å². The van der Waals surface area contributed by atoms with Gasteiger partial charge in [0.15, 0.2) is 0 Å². The van der Waals surface area contributed by atoms with E-state index < -0.39 is 0 Å². The standard InChI is InChI=1S/2C10H15.C2H3.ClH.Ti/c2*1-6-7(2)9(4)10(5)8(6)3;1-2;;/h2*1-5H3;1H,2H2;1H;/q;;-1;;+2/p-1. The number of rotatable bonds is 0. The molecule has 0 N–H and O–H groups in total. The fourth-order valence-corrected chi connectivity index (χ4v) is 2.81. The summed E-state index contributed by atoms with van der Waals surface area (Å²) in [6.07, 6.45) is 0. The molecule has 2 aliphatic carbocycles. The summed E-state index contributed by atoms with van der Waals surface area (Å²) in [7, 11) is 4.64. The predicted molar refractivity (Wildman–Crippen MR) is 105 cm³/mol. The Balaban J connectivity index is 0. The van der Waals surface area contributed by atoms with E-state index in [-0.39, 0.29) is 0 Å². The molecule has 0 aromatic heterocycles. The van der Waals surface area contributed by atoms with E-state index in [4.69, 9.17) is 0 Å². The van der Waals surface area contributed by atoms with Gasteiger partial charge in [-0.3, -0.25) is 6.58 Å². The van der Waals surface area contributed by atoms with Crippen LogP contribution in [0, 0.1) is 65.8 Å². The Kier molecular flexibility index (Phi) is 14.6. The molecule has 24 heavy (non-hydrogen) atoms. The van der Waals surface area contributed by atoms with Gasteiger partial charge in [-0.2, -0.15) is 0 Å². The van der Waals surface area contributed by atoms with Crippen LogP contribution in [0.2, 0.25) is 0 Å². The summed E-state index contributed by atoms with van der Waals surface area (Å²) in [6.45, 7) is 29.0. The van der Waals surface area contributed by atoms with Crippen LogP contribution in [0.15, 0.2) is 6.58 Å². The zero-order chi connectivity index (χ0) is 19.8. The van der Waals surface area contributed by atoms with Crippen LogP contribution in [-0.2, 0) is 19.4 Å². The summed E-state index contributed by atoms with van der Waals surface area (Å²) in [6, 6.07) is 0. The molecule has 2 rings (SSSR count).